The number of hydrogen-bond acceptors (Lipinski definition) is 8. The first-order valence-corrected chi connectivity index (χ1v) is 14.6. The maximum absolute atomic E-state index is 15.2. The van der Waals surface area contributed by atoms with Gasteiger partial charge in [-0.2, -0.15) is 13.9 Å². The molecule has 0 saturated carbocycles. The van der Waals surface area contributed by atoms with Crippen LogP contribution < -0.4 is 9.04 Å². The van der Waals surface area contributed by atoms with Crippen LogP contribution >= 0.6 is 0 Å². The number of alkyl halides is 2. The molecule has 2 heterocycles. The second-order valence-corrected chi connectivity index (χ2v) is 13.8. The number of ether oxygens (including phenoxy) is 2. The van der Waals surface area contributed by atoms with Gasteiger partial charge in [0.25, 0.3) is 10.0 Å². The highest BCUT2D eigenvalue weighted by Gasteiger charge is 2.38. The van der Waals surface area contributed by atoms with E-state index in [0.717, 1.165) is 16.6 Å². The lowest BCUT2D eigenvalue weighted by Gasteiger charge is -2.35. The molecule has 0 radical (unpaired) electrons. The monoisotopic (exact) mass is 567 g/mol. The smallest absolute Gasteiger partial charge is 0.333 e. The molecule has 0 aliphatic carbocycles. The van der Waals surface area contributed by atoms with E-state index < -0.39 is 67.1 Å². The summed E-state index contributed by atoms with van der Waals surface area (Å²) in [5.74, 6) is -2.50. The van der Waals surface area contributed by atoms with Crippen molar-refractivity contribution in [3.05, 3.63) is 35.4 Å². The van der Waals surface area contributed by atoms with Crippen LogP contribution in [0.2, 0.25) is 0 Å². The fourth-order valence-electron chi connectivity index (χ4n) is 3.73. The van der Waals surface area contributed by atoms with Gasteiger partial charge in [-0.05, 0) is 51.8 Å². The lowest BCUT2D eigenvalue weighted by molar-refractivity contribution is -0.153. The van der Waals surface area contributed by atoms with Gasteiger partial charge in [-0.15, -0.1) is 0 Å². The SMILES string of the molecule is Cc1nn(C(F)F)cc1S(=O)(=O)N1C[C@H](CCS(C)(=O)=O)Oc2c(F)cc(CC(=O)OC(C)(C)C)cc21. The number of carbonyl (C=O) groups is 1. The summed E-state index contributed by atoms with van der Waals surface area (Å²) in [4.78, 5) is 11.8. The van der Waals surface area contributed by atoms with Crippen molar-refractivity contribution in [2.45, 2.75) is 63.7 Å². The summed E-state index contributed by atoms with van der Waals surface area (Å²) in [6.45, 7) is 2.66. The quantitative estimate of drug-likeness (QED) is 0.446. The first-order chi connectivity index (χ1) is 16.9. The zero-order valence-electron chi connectivity index (χ0n) is 20.9. The number of aryl methyl sites for hydroxylation is 1. The second-order valence-electron chi connectivity index (χ2n) is 9.72. The molecule has 2 aromatic rings. The van der Waals surface area contributed by atoms with Crippen LogP contribution in [-0.2, 0) is 35.8 Å². The van der Waals surface area contributed by atoms with E-state index in [1.165, 1.54) is 13.0 Å². The van der Waals surface area contributed by atoms with Crippen LogP contribution in [0.4, 0.5) is 18.9 Å². The van der Waals surface area contributed by atoms with Crippen molar-refractivity contribution in [3.8, 4) is 5.75 Å². The highest BCUT2D eigenvalue weighted by atomic mass is 32.2. The van der Waals surface area contributed by atoms with E-state index in [2.05, 4.69) is 5.10 Å². The fourth-order valence-corrected chi connectivity index (χ4v) is 6.07. The fraction of sp³-hybridized carbons (Fsp3) is 0.545. The molecule has 1 atom stereocenters. The van der Waals surface area contributed by atoms with E-state index in [0.29, 0.717) is 6.20 Å². The molecule has 1 aliphatic heterocycles. The maximum atomic E-state index is 15.2. The van der Waals surface area contributed by atoms with Gasteiger partial charge in [0.1, 0.15) is 26.4 Å². The van der Waals surface area contributed by atoms with E-state index in [1.807, 2.05) is 0 Å². The molecular formula is C22H28F3N3O7S2. The zero-order valence-corrected chi connectivity index (χ0v) is 22.5. The first-order valence-electron chi connectivity index (χ1n) is 11.1. The van der Waals surface area contributed by atoms with Crippen molar-refractivity contribution in [2.75, 3.05) is 22.9 Å². The number of benzene rings is 1. The topological polar surface area (TPSA) is 125 Å². The zero-order chi connectivity index (χ0) is 27.9. The van der Waals surface area contributed by atoms with Gasteiger partial charge in [-0.1, -0.05) is 0 Å². The molecular weight excluding hydrogens is 539 g/mol. The Hall–Kier alpha value is -2.81. The van der Waals surface area contributed by atoms with Crippen LogP contribution in [-0.4, -0.2) is 62.8 Å². The lowest BCUT2D eigenvalue weighted by Crippen LogP contribution is -2.44. The van der Waals surface area contributed by atoms with E-state index in [4.69, 9.17) is 9.47 Å². The van der Waals surface area contributed by atoms with Crippen molar-refractivity contribution in [1.29, 1.82) is 0 Å². The normalized spacial score (nSPS) is 16.5. The molecule has 37 heavy (non-hydrogen) atoms. The Kier molecular flexibility index (Phi) is 7.89. The van der Waals surface area contributed by atoms with Crippen molar-refractivity contribution in [3.63, 3.8) is 0 Å². The molecule has 10 nitrogen and oxygen atoms in total. The molecule has 0 amide bonds. The predicted octanol–water partition coefficient (Wildman–Crippen LogP) is 3.00. The van der Waals surface area contributed by atoms with Crippen LogP contribution in [0.25, 0.3) is 0 Å². The van der Waals surface area contributed by atoms with Crippen LogP contribution in [0.3, 0.4) is 0 Å². The summed E-state index contributed by atoms with van der Waals surface area (Å²) in [5, 5.41) is 3.54. The van der Waals surface area contributed by atoms with E-state index in [-0.39, 0.29) is 40.2 Å². The number of sulfonamides is 1. The van der Waals surface area contributed by atoms with E-state index >= 15 is 4.39 Å². The summed E-state index contributed by atoms with van der Waals surface area (Å²) < 4.78 is 104. The minimum Gasteiger partial charge on any atom is -0.483 e. The van der Waals surface area contributed by atoms with Crippen LogP contribution in [0.5, 0.6) is 5.75 Å². The molecule has 0 spiro atoms. The van der Waals surface area contributed by atoms with Gasteiger partial charge >= 0.3 is 12.5 Å². The third-order valence-electron chi connectivity index (χ3n) is 5.23. The van der Waals surface area contributed by atoms with Crippen LogP contribution in [0.1, 0.15) is 45.0 Å². The van der Waals surface area contributed by atoms with Gasteiger partial charge < -0.3 is 9.47 Å². The maximum Gasteiger partial charge on any atom is 0.333 e. The first kappa shape index (κ1) is 28.8. The van der Waals surface area contributed by atoms with E-state index in [9.17, 15) is 30.4 Å². The molecule has 0 N–H and O–H groups in total. The largest absolute Gasteiger partial charge is 0.483 e. The standard InChI is InChI=1S/C22H28F3N3O7S2/c1-13-18(12-27(26-13)21(24)25)37(32,33)28-11-15(6-7-36(5,30)31)34-20-16(23)8-14(9-17(20)28)10-19(29)35-22(2,3)4/h8-9,12,15,21H,6-7,10-11H2,1-5H3/t15-/m0/s1. The molecule has 15 heteroatoms. The number of halogens is 3. The number of sulfone groups is 1. The number of rotatable bonds is 8. The summed E-state index contributed by atoms with van der Waals surface area (Å²) in [6.07, 6.45) is 0.0583. The number of esters is 1. The van der Waals surface area contributed by atoms with Crippen molar-refractivity contribution >= 4 is 31.5 Å². The number of aromatic nitrogens is 2. The third kappa shape index (κ3) is 6.94. The predicted molar refractivity (Wildman–Crippen MR) is 127 cm³/mol. The average Bonchev–Trinajstić information content (AvgIpc) is 3.13. The van der Waals surface area contributed by atoms with Gasteiger partial charge in [-0.25, -0.2) is 25.9 Å². The van der Waals surface area contributed by atoms with Crippen LogP contribution in [0.15, 0.2) is 23.2 Å². The Morgan fingerprint density at radius 1 is 1.24 bits per heavy atom. The molecule has 0 unspecified atom stereocenters. The van der Waals surface area contributed by atoms with Crippen molar-refractivity contribution in [1.82, 2.24) is 9.78 Å². The summed E-state index contributed by atoms with van der Waals surface area (Å²) in [7, 11) is -8.05. The van der Waals surface area contributed by atoms with Crippen molar-refractivity contribution < 1.29 is 44.3 Å². The number of nitrogens with zero attached hydrogens (tertiary/aromatic N) is 3. The lowest BCUT2D eigenvalue weighted by atomic mass is 10.1. The highest BCUT2D eigenvalue weighted by molar-refractivity contribution is 7.93. The average molecular weight is 568 g/mol. The molecule has 3 rings (SSSR count). The minimum atomic E-state index is -4.59. The van der Waals surface area contributed by atoms with Crippen molar-refractivity contribution in [2.24, 2.45) is 0 Å². The summed E-state index contributed by atoms with van der Waals surface area (Å²) >= 11 is 0. The summed E-state index contributed by atoms with van der Waals surface area (Å²) in [6, 6.07) is 2.23. The molecule has 0 fully saturated rings. The van der Waals surface area contributed by atoms with Gasteiger partial charge in [0.05, 0.1) is 36.3 Å². The number of fused-ring (bicyclic) bond motifs is 1. The minimum absolute atomic E-state index is 0.0869. The Bertz CT molecular complexity index is 1400. The number of hydrogen-bond donors (Lipinski definition) is 0. The Morgan fingerprint density at radius 2 is 1.89 bits per heavy atom. The number of anilines is 1. The van der Waals surface area contributed by atoms with Crippen LogP contribution in [0, 0.1) is 12.7 Å². The van der Waals surface area contributed by atoms with E-state index in [1.54, 1.807) is 20.8 Å². The van der Waals surface area contributed by atoms with Gasteiger partial charge in [0, 0.05) is 6.26 Å². The third-order valence-corrected chi connectivity index (χ3v) is 8.09. The van der Waals surface area contributed by atoms with Gasteiger partial charge in [-0.3, -0.25) is 9.10 Å². The Balaban J connectivity index is 2.09. The molecule has 1 aromatic heterocycles. The highest BCUT2D eigenvalue weighted by Crippen LogP contribution is 2.41. The summed E-state index contributed by atoms with van der Waals surface area (Å²) in [5.41, 5.74) is -1.20. The second kappa shape index (κ2) is 10.2. The Morgan fingerprint density at radius 3 is 2.43 bits per heavy atom. The molecule has 1 aliphatic rings. The molecule has 1 aromatic carbocycles. The molecule has 0 bridgehead atoms. The van der Waals surface area contributed by atoms with Gasteiger partial charge in [0.2, 0.25) is 0 Å². The molecule has 206 valence electrons. The number of carbonyl (C=O) groups excluding carboxylic acids is 1. The molecule has 0 saturated heterocycles. The van der Waals surface area contributed by atoms with Gasteiger partial charge in [0.15, 0.2) is 11.6 Å². The Labute approximate surface area is 213 Å².